The number of aromatic amines is 1. The lowest BCUT2D eigenvalue weighted by molar-refractivity contribution is -0.0145. The van der Waals surface area contributed by atoms with Crippen molar-refractivity contribution in [2.24, 2.45) is 5.41 Å². The van der Waals surface area contributed by atoms with E-state index < -0.39 is 5.60 Å². The number of anilines is 2. The molecule has 0 saturated heterocycles. The molecule has 0 aliphatic heterocycles. The minimum atomic E-state index is -0.689. The first-order chi connectivity index (χ1) is 9.87. The number of nitrogens with one attached hydrogen (secondary N) is 2. The van der Waals surface area contributed by atoms with Crippen LogP contribution in [0.15, 0.2) is 6.20 Å². The fraction of sp³-hybridized carbons (Fsp3) is 0.643. The zero-order chi connectivity index (χ0) is 15.1. The Morgan fingerprint density at radius 1 is 1.29 bits per heavy atom. The summed E-state index contributed by atoms with van der Waals surface area (Å²) in [4.78, 5) is 8.28. The molecule has 114 valence electrons. The Bertz CT molecular complexity index is 640. The van der Waals surface area contributed by atoms with E-state index in [1.54, 1.807) is 6.20 Å². The maximum absolute atomic E-state index is 10.7. The van der Waals surface area contributed by atoms with E-state index in [1.807, 2.05) is 0 Å². The standard InChI is InChI=1S/C14H22N6O/c1-13(2)3-5-14(21,6-4-13)8-16-10-9-7-17-20-11(9)19-12(15)18-10/h7,21H,3-6,8H2,1-2H3,(H4,15,16,17,18,19,20). The average Bonchev–Trinajstić information content (AvgIpc) is 2.88. The van der Waals surface area contributed by atoms with E-state index in [9.17, 15) is 5.11 Å². The minimum Gasteiger partial charge on any atom is -0.388 e. The predicted molar refractivity (Wildman–Crippen MR) is 81.8 cm³/mol. The predicted octanol–water partition coefficient (Wildman–Crippen LogP) is 1.68. The van der Waals surface area contributed by atoms with Crippen LogP contribution in [0.3, 0.4) is 0 Å². The van der Waals surface area contributed by atoms with Crippen LogP contribution in [0.4, 0.5) is 11.8 Å². The quantitative estimate of drug-likeness (QED) is 0.684. The van der Waals surface area contributed by atoms with E-state index in [0.717, 1.165) is 31.1 Å². The number of fused-ring (bicyclic) bond motifs is 1. The van der Waals surface area contributed by atoms with Crippen LogP contribution in [0, 0.1) is 5.41 Å². The fourth-order valence-corrected chi connectivity index (χ4v) is 2.80. The molecule has 2 heterocycles. The zero-order valence-electron chi connectivity index (χ0n) is 12.5. The van der Waals surface area contributed by atoms with Gasteiger partial charge in [-0.2, -0.15) is 15.1 Å². The van der Waals surface area contributed by atoms with Gasteiger partial charge in [-0.3, -0.25) is 5.10 Å². The summed E-state index contributed by atoms with van der Waals surface area (Å²) in [6.45, 7) is 4.96. The molecule has 2 aromatic heterocycles. The molecule has 21 heavy (non-hydrogen) atoms. The molecule has 1 fully saturated rings. The summed E-state index contributed by atoms with van der Waals surface area (Å²) in [5, 5.41) is 21.4. The number of hydrogen-bond acceptors (Lipinski definition) is 6. The lowest BCUT2D eigenvalue weighted by atomic mass is 9.71. The maximum atomic E-state index is 10.7. The summed E-state index contributed by atoms with van der Waals surface area (Å²) in [7, 11) is 0. The second-order valence-electron chi connectivity index (χ2n) is 6.80. The van der Waals surface area contributed by atoms with Crippen molar-refractivity contribution in [3.8, 4) is 0 Å². The number of nitrogens with two attached hydrogens (primary N) is 1. The highest BCUT2D eigenvalue weighted by atomic mass is 16.3. The molecule has 1 aliphatic rings. The Labute approximate surface area is 123 Å². The van der Waals surface area contributed by atoms with Crippen LogP contribution in [0.25, 0.3) is 11.0 Å². The number of aliphatic hydroxyl groups is 1. The lowest BCUT2D eigenvalue weighted by Gasteiger charge is -2.40. The molecule has 5 N–H and O–H groups in total. The van der Waals surface area contributed by atoms with Crippen LogP contribution in [0.5, 0.6) is 0 Å². The molecule has 0 aromatic carbocycles. The summed E-state index contributed by atoms with van der Waals surface area (Å²) < 4.78 is 0. The van der Waals surface area contributed by atoms with Crippen molar-refractivity contribution < 1.29 is 5.11 Å². The third-order valence-electron chi connectivity index (χ3n) is 4.45. The SMILES string of the molecule is CC1(C)CCC(O)(CNc2nc(N)nc3[nH]ncc23)CC1. The lowest BCUT2D eigenvalue weighted by Crippen LogP contribution is -2.42. The number of nitrogen functional groups attached to an aromatic ring is 1. The van der Waals surface area contributed by atoms with Gasteiger partial charge in [-0.05, 0) is 31.1 Å². The fourth-order valence-electron chi connectivity index (χ4n) is 2.80. The molecule has 0 amide bonds. The number of rotatable bonds is 3. The Morgan fingerprint density at radius 3 is 2.71 bits per heavy atom. The van der Waals surface area contributed by atoms with Crippen LogP contribution in [-0.4, -0.2) is 37.4 Å². The normalized spacial score (nSPS) is 20.5. The average molecular weight is 290 g/mol. The third-order valence-corrected chi connectivity index (χ3v) is 4.45. The molecule has 1 aliphatic carbocycles. The van der Waals surface area contributed by atoms with Crippen LogP contribution in [0.1, 0.15) is 39.5 Å². The number of nitrogens with zero attached hydrogens (tertiary/aromatic N) is 3. The molecule has 0 bridgehead atoms. The van der Waals surface area contributed by atoms with E-state index in [4.69, 9.17) is 5.73 Å². The topological polar surface area (TPSA) is 113 Å². The molecule has 0 radical (unpaired) electrons. The van der Waals surface area contributed by atoms with Crippen LogP contribution in [-0.2, 0) is 0 Å². The summed E-state index contributed by atoms with van der Waals surface area (Å²) in [5.41, 5.74) is 5.92. The smallest absolute Gasteiger partial charge is 0.224 e. The Balaban J connectivity index is 1.73. The maximum Gasteiger partial charge on any atom is 0.224 e. The van der Waals surface area contributed by atoms with Crippen LogP contribution >= 0.6 is 0 Å². The molecule has 0 atom stereocenters. The molecule has 7 heteroatoms. The molecule has 0 unspecified atom stereocenters. The molecule has 0 spiro atoms. The largest absolute Gasteiger partial charge is 0.388 e. The Hall–Kier alpha value is -1.89. The van der Waals surface area contributed by atoms with Crippen molar-refractivity contribution in [1.82, 2.24) is 20.2 Å². The highest BCUT2D eigenvalue weighted by Gasteiger charge is 2.36. The number of H-pyrrole nitrogens is 1. The first-order valence-corrected chi connectivity index (χ1v) is 7.30. The van der Waals surface area contributed by atoms with Gasteiger partial charge in [-0.1, -0.05) is 13.8 Å². The zero-order valence-corrected chi connectivity index (χ0v) is 12.5. The van der Waals surface area contributed by atoms with E-state index >= 15 is 0 Å². The van der Waals surface area contributed by atoms with Gasteiger partial charge in [0.1, 0.15) is 5.82 Å². The highest BCUT2D eigenvalue weighted by molar-refractivity contribution is 5.86. The number of hydrogen-bond donors (Lipinski definition) is 4. The molecular weight excluding hydrogens is 268 g/mol. The van der Waals surface area contributed by atoms with Crippen molar-refractivity contribution >= 4 is 22.8 Å². The van der Waals surface area contributed by atoms with Crippen LogP contribution < -0.4 is 11.1 Å². The van der Waals surface area contributed by atoms with Crippen molar-refractivity contribution in [2.75, 3.05) is 17.6 Å². The van der Waals surface area contributed by atoms with Crippen molar-refractivity contribution in [2.45, 2.75) is 45.1 Å². The second kappa shape index (κ2) is 4.84. The van der Waals surface area contributed by atoms with Crippen molar-refractivity contribution in [3.05, 3.63) is 6.20 Å². The summed E-state index contributed by atoms with van der Waals surface area (Å²) >= 11 is 0. The molecule has 3 rings (SSSR count). The van der Waals surface area contributed by atoms with Gasteiger partial charge in [0.05, 0.1) is 17.2 Å². The summed E-state index contributed by atoms with van der Waals surface area (Å²) in [5.74, 6) is 0.801. The van der Waals surface area contributed by atoms with Crippen molar-refractivity contribution in [1.29, 1.82) is 0 Å². The van der Waals surface area contributed by atoms with Gasteiger partial charge < -0.3 is 16.2 Å². The monoisotopic (exact) mass is 290 g/mol. The Kier molecular flexibility index (Phi) is 3.24. The summed E-state index contributed by atoms with van der Waals surface area (Å²) in [6, 6.07) is 0. The van der Waals surface area contributed by atoms with Gasteiger partial charge in [0, 0.05) is 6.54 Å². The van der Waals surface area contributed by atoms with E-state index in [1.165, 1.54) is 0 Å². The van der Waals surface area contributed by atoms with Gasteiger partial charge in [0.15, 0.2) is 5.65 Å². The molecule has 7 nitrogen and oxygen atoms in total. The van der Waals surface area contributed by atoms with Gasteiger partial charge >= 0.3 is 0 Å². The van der Waals surface area contributed by atoms with E-state index in [2.05, 4.69) is 39.3 Å². The molecular formula is C14H22N6O. The minimum absolute atomic E-state index is 0.186. The highest BCUT2D eigenvalue weighted by Crippen LogP contribution is 2.40. The number of aromatic nitrogens is 4. The summed E-state index contributed by atoms with van der Waals surface area (Å²) in [6.07, 6.45) is 5.30. The van der Waals surface area contributed by atoms with Gasteiger partial charge in [0.25, 0.3) is 0 Å². The third kappa shape index (κ3) is 2.92. The van der Waals surface area contributed by atoms with Gasteiger partial charge in [0.2, 0.25) is 5.95 Å². The van der Waals surface area contributed by atoms with Gasteiger partial charge in [-0.15, -0.1) is 0 Å². The van der Waals surface area contributed by atoms with Crippen molar-refractivity contribution in [3.63, 3.8) is 0 Å². The van der Waals surface area contributed by atoms with Gasteiger partial charge in [-0.25, -0.2) is 0 Å². The molecule has 1 saturated carbocycles. The van der Waals surface area contributed by atoms with E-state index in [0.29, 0.717) is 23.4 Å². The molecule has 2 aromatic rings. The first-order valence-electron chi connectivity index (χ1n) is 7.30. The first kappa shape index (κ1) is 14.1. The Morgan fingerprint density at radius 2 is 2.00 bits per heavy atom. The van der Waals surface area contributed by atoms with E-state index in [-0.39, 0.29) is 5.95 Å². The second-order valence-corrected chi connectivity index (χ2v) is 6.80. The van der Waals surface area contributed by atoms with Crippen LogP contribution in [0.2, 0.25) is 0 Å².